The van der Waals surface area contributed by atoms with E-state index in [1.807, 2.05) is 0 Å². The molecule has 1 aliphatic rings. The molecule has 2 amide bonds. The first-order chi connectivity index (χ1) is 12.0. The van der Waals surface area contributed by atoms with Crippen LogP contribution in [0.1, 0.15) is 0 Å². The lowest BCUT2D eigenvalue weighted by atomic mass is 10.3. The van der Waals surface area contributed by atoms with Gasteiger partial charge in [0.05, 0.1) is 11.2 Å². The molecule has 0 saturated heterocycles. The molecule has 1 aliphatic heterocycles. The molecule has 1 atom stereocenters. The van der Waals surface area contributed by atoms with Gasteiger partial charge in [0, 0.05) is 11.2 Å². The van der Waals surface area contributed by atoms with E-state index in [4.69, 9.17) is 27.9 Å². The number of halogens is 2. The minimum absolute atomic E-state index is 0.275. The highest BCUT2D eigenvalue weighted by Crippen LogP contribution is 2.27. The Kier molecular flexibility index (Phi) is 5.11. The number of aliphatic imine (C=N–C) groups is 1. The fourth-order valence-corrected chi connectivity index (χ4v) is 2.45. The number of nitrogens with zero attached hydrogens (tertiary/aromatic N) is 3. The Bertz CT molecular complexity index is 859. The van der Waals surface area contributed by atoms with Crippen molar-refractivity contribution in [1.29, 1.82) is 0 Å². The number of aromatic nitrogens is 2. The molecule has 0 radical (unpaired) electrons. The molecule has 2 N–H and O–H groups in total. The average Bonchev–Trinajstić information content (AvgIpc) is 2.73. The van der Waals surface area contributed by atoms with Gasteiger partial charge in [-0.3, -0.25) is 14.6 Å². The second-order valence-electron chi connectivity index (χ2n) is 4.93. The highest BCUT2D eigenvalue weighted by atomic mass is 35.5. The summed E-state index contributed by atoms with van der Waals surface area (Å²) in [5.74, 6) is -0.409. The van der Waals surface area contributed by atoms with Crippen LogP contribution < -0.4 is 15.4 Å². The summed E-state index contributed by atoms with van der Waals surface area (Å²) >= 11 is 11.8. The lowest BCUT2D eigenvalue weighted by molar-refractivity contribution is -0.126. The summed E-state index contributed by atoms with van der Waals surface area (Å²) in [4.78, 5) is 36.0. The predicted octanol–water partition coefficient (Wildman–Crippen LogP) is 2.00. The molecule has 0 saturated carbocycles. The number of carbonyl (C=O) groups excluding carboxylic acids is 2. The maximum Gasteiger partial charge on any atom is 0.258 e. The molecule has 0 fully saturated rings. The number of amides is 2. The molecule has 25 heavy (non-hydrogen) atoms. The Morgan fingerprint density at radius 2 is 2.20 bits per heavy atom. The van der Waals surface area contributed by atoms with Crippen LogP contribution in [0.4, 0.5) is 11.5 Å². The first-order valence-corrected chi connectivity index (χ1v) is 7.81. The first kappa shape index (κ1) is 17.1. The van der Waals surface area contributed by atoms with E-state index in [2.05, 4.69) is 25.6 Å². The van der Waals surface area contributed by atoms with Crippen LogP contribution in [0.2, 0.25) is 10.0 Å². The molecule has 0 unspecified atom stereocenters. The van der Waals surface area contributed by atoms with Crippen molar-refractivity contribution in [3.63, 3.8) is 0 Å². The third-order valence-electron chi connectivity index (χ3n) is 3.15. The largest absolute Gasteiger partial charge is 0.482 e. The van der Waals surface area contributed by atoms with Crippen LogP contribution in [0.25, 0.3) is 0 Å². The standard InChI is InChI=1S/C15H11Cl2N5O3/c16-8-1-2-12(9(17)3-8)25-6-13(23)21-11-5-19-10-4-18-7-20-14(10)22-15(11)24/h1-5,7,11H,6H2,(H,21,23)(H,18,20,22,24)/t11-/m0/s1. The van der Waals surface area contributed by atoms with Gasteiger partial charge in [0.1, 0.15) is 23.8 Å². The molecule has 8 nitrogen and oxygen atoms in total. The monoisotopic (exact) mass is 379 g/mol. The lowest BCUT2D eigenvalue weighted by Gasteiger charge is -2.13. The Morgan fingerprint density at radius 3 is 3.00 bits per heavy atom. The molecular formula is C15H11Cl2N5O3. The van der Waals surface area contributed by atoms with Gasteiger partial charge in [-0.15, -0.1) is 0 Å². The molecule has 2 aromatic rings. The molecule has 0 aliphatic carbocycles. The van der Waals surface area contributed by atoms with Crippen LogP contribution in [-0.4, -0.2) is 40.6 Å². The molecule has 3 rings (SSSR count). The van der Waals surface area contributed by atoms with E-state index in [0.717, 1.165) is 0 Å². The van der Waals surface area contributed by atoms with Crippen LogP contribution in [0.15, 0.2) is 35.7 Å². The van der Waals surface area contributed by atoms with Crippen molar-refractivity contribution >= 4 is 52.7 Å². The number of hydrogen-bond donors (Lipinski definition) is 2. The molecule has 128 valence electrons. The maximum atomic E-state index is 12.1. The minimum atomic E-state index is -0.967. The van der Waals surface area contributed by atoms with E-state index in [-0.39, 0.29) is 17.4 Å². The molecular weight excluding hydrogens is 369 g/mol. The highest BCUT2D eigenvalue weighted by Gasteiger charge is 2.23. The number of fused-ring (bicyclic) bond motifs is 1. The van der Waals surface area contributed by atoms with E-state index >= 15 is 0 Å². The van der Waals surface area contributed by atoms with E-state index in [9.17, 15) is 9.59 Å². The zero-order chi connectivity index (χ0) is 17.8. The van der Waals surface area contributed by atoms with Gasteiger partial charge < -0.3 is 15.4 Å². The van der Waals surface area contributed by atoms with Crippen LogP contribution in [-0.2, 0) is 9.59 Å². The number of carbonyl (C=O) groups is 2. The van der Waals surface area contributed by atoms with Crippen LogP contribution in [0.3, 0.4) is 0 Å². The summed E-state index contributed by atoms with van der Waals surface area (Å²) < 4.78 is 5.32. The average molecular weight is 380 g/mol. The van der Waals surface area contributed by atoms with Gasteiger partial charge in [-0.2, -0.15) is 0 Å². The van der Waals surface area contributed by atoms with Gasteiger partial charge in [-0.1, -0.05) is 23.2 Å². The lowest BCUT2D eigenvalue weighted by Crippen LogP contribution is -2.46. The third-order valence-corrected chi connectivity index (χ3v) is 3.68. The molecule has 1 aromatic carbocycles. The SMILES string of the molecule is O=C(COc1ccc(Cl)cc1Cl)N[C@H]1C=Nc2cncnc2NC1=O. The van der Waals surface area contributed by atoms with E-state index < -0.39 is 17.9 Å². The first-order valence-electron chi connectivity index (χ1n) is 7.05. The zero-order valence-electron chi connectivity index (χ0n) is 12.6. The summed E-state index contributed by atoms with van der Waals surface area (Å²) in [6, 6.07) is 3.67. The van der Waals surface area contributed by atoms with Crippen molar-refractivity contribution in [2.75, 3.05) is 11.9 Å². The summed E-state index contributed by atoms with van der Waals surface area (Å²) in [6.45, 7) is -0.328. The molecule has 0 spiro atoms. The Labute approximate surface area is 152 Å². The Morgan fingerprint density at radius 1 is 1.36 bits per heavy atom. The van der Waals surface area contributed by atoms with Crippen molar-refractivity contribution in [1.82, 2.24) is 15.3 Å². The van der Waals surface area contributed by atoms with Crippen molar-refractivity contribution < 1.29 is 14.3 Å². The van der Waals surface area contributed by atoms with Gasteiger partial charge >= 0.3 is 0 Å². The van der Waals surface area contributed by atoms with Gasteiger partial charge in [-0.05, 0) is 18.2 Å². The minimum Gasteiger partial charge on any atom is -0.482 e. The highest BCUT2D eigenvalue weighted by molar-refractivity contribution is 6.35. The Balaban J connectivity index is 1.60. The van der Waals surface area contributed by atoms with Crippen LogP contribution >= 0.6 is 23.2 Å². The second-order valence-corrected chi connectivity index (χ2v) is 5.78. The quantitative estimate of drug-likeness (QED) is 0.844. The van der Waals surface area contributed by atoms with Crippen molar-refractivity contribution in [2.24, 2.45) is 4.99 Å². The number of nitrogens with one attached hydrogen (secondary N) is 2. The zero-order valence-corrected chi connectivity index (χ0v) is 14.1. The normalized spacial score (nSPS) is 15.8. The number of anilines is 1. The fraction of sp³-hybridized carbons (Fsp3) is 0.133. The van der Waals surface area contributed by atoms with E-state index in [1.165, 1.54) is 24.8 Å². The Hall–Kier alpha value is -2.71. The smallest absolute Gasteiger partial charge is 0.258 e. The predicted molar refractivity (Wildman–Crippen MR) is 92.7 cm³/mol. The van der Waals surface area contributed by atoms with Gasteiger partial charge in [0.25, 0.3) is 11.8 Å². The van der Waals surface area contributed by atoms with E-state index in [0.29, 0.717) is 16.5 Å². The molecule has 0 bridgehead atoms. The maximum absolute atomic E-state index is 12.1. The third kappa shape index (κ3) is 4.23. The van der Waals surface area contributed by atoms with Gasteiger partial charge in [-0.25, -0.2) is 9.97 Å². The summed E-state index contributed by atoms with van der Waals surface area (Å²) in [5, 5.41) is 5.80. The number of rotatable bonds is 4. The second kappa shape index (κ2) is 7.45. The summed E-state index contributed by atoms with van der Waals surface area (Å²) in [7, 11) is 0. The summed E-state index contributed by atoms with van der Waals surface area (Å²) in [5.41, 5.74) is 0.400. The van der Waals surface area contributed by atoms with Crippen LogP contribution in [0.5, 0.6) is 5.75 Å². The molecule has 1 aromatic heterocycles. The van der Waals surface area contributed by atoms with E-state index in [1.54, 1.807) is 12.1 Å². The molecule has 2 heterocycles. The molecule has 10 heteroatoms. The number of ether oxygens (including phenoxy) is 1. The fourth-order valence-electron chi connectivity index (χ4n) is 1.98. The van der Waals surface area contributed by atoms with Crippen molar-refractivity contribution in [3.05, 3.63) is 40.8 Å². The van der Waals surface area contributed by atoms with Gasteiger partial charge in [0.15, 0.2) is 12.4 Å². The van der Waals surface area contributed by atoms with Crippen molar-refractivity contribution in [2.45, 2.75) is 6.04 Å². The van der Waals surface area contributed by atoms with Crippen LogP contribution in [0, 0.1) is 0 Å². The topological polar surface area (TPSA) is 106 Å². The summed E-state index contributed by atoms with van der Waals surface area (Å²) in [6.07, 6.45) is 4.05. The number of benzene rings is 1. The number of hydrogen-bond acceptors (Lipinski definition) is 6. The van der Waals surface area contributed by atoms with Crippen molar-refractivity contribution in [3.8, 4) is 5.75 Å². The van der Waals surface area contributed by atoms with Gasteiger partial charge in [0.2, 0.25) is 0 Å².